The zero-order valence-electron chi connectivity index (χ0n) is 9.07. The Morgan fingerprint density at radius 1 is 1.41 bits per heavy atom. The maximum atomic E-state index is 11.8. The minimum atomic E-state index is -0.111. The zero-order valence-corrected chi connectivity index (χ0v) is 11.5. The van der Waals surface area contributed by atoms with E-state index >= 15 is 0 Å². The third-order valence-electron chi connectivity index (χ3n) is 2.11. The predicted molar refractivity (Wildman–Crippen MR) is 73.0 cm³/mol. The van der Waals surface area contributed by atoms with E-state index in [2.05, 4.69) is 21.2 Å². The van der Waals surface area contributed by atoms with E-state index in [4.69, 9.17) is 4.74 Å². The molecular weight excluding hydrogens is 302 g/mol. The van der Waals surface area contributed by atoms with Gasteiger partial charge in [0.25, 0.3) is 5.91 Å². The number of ether oxygens (including phenoxy) is 1. The Hall–Kier alpha value is -1.33. The standard InChI is InChI=1S/C12H10BrNO2S/c1-16-10-6-8(13)5-9(7-10)14-12(15)11-3-2-4-17-11/h2-7H,1H3,(H,14,15). The maximum absolute atomic E-state index is 11.8. The molecule has 0 aliphatic carbocycles. The first kappa shape index (κ1) is 12.1. The first-order chi connectivity index (χ1) is 8.19. The Morgan fingerprint density at radius 2 is 2.24 bits per heavy atom. The molecule has 1 aromatic carbocycles. The van der Waals surface area contributed by atoms with Crippen LogP contribution in [0.1, 0.15) is 9.67 Å². The van der Waals surface area contributed by atoms with Crippen LogP contribution in [0.3, 0.4) is 0 Å². The molecular formula is C12H10BrNO2S. The molecule has 5 heteroatoms. The average molecular weight is 312 g/mol. The lowest BCUT2D eigenvalue weighted by Gasteiger charge is -2.07. The lowest BCUT2D eigenvalue weighted by Crippen LogP contribution is -2.10. The number of anilines is 1. The van der Waals surface area contributed by atoms with Crippen LogP contribution < -0.4 is 10.1 Å². The monoisotopic (exact) mass is 311 g/mol. The van der Waals surface area contributed by atoms with E-state index in [1.54, 1.807) is 19.2 Å². The fourth-order valence-electron chi connectivity index (χ4n) is 1.35. The number of methoxy groups -OCH3 is 1. The summed E-state index contributed by atoms with van der Waals surface area (Å²) in [6.07, 6.45) is 0. The minimum Gasteiger partial charge on any atom is -0.497 e. The lowest BCUT2D eigenvalue weighted by molar-refractivity contribution is 0.103. The summed E-state index contributed by atoms with van der Waals surface area (Å²) in [5, 5.41) is 4.69. The number of carbonyl (C=O) groups excluding carboxylic acids is 1. The number of benzene rings is 1. The number of nitrogens with one attached hydrogen (secondary N) is 1. The number of thiophene rings is 1. The Morgan fingerprint density at radius 3 is 2.88 bits per heavy atom. The molecule has 2 aromatic rings. The summed E-state index contributed by atoms with van der Waals surface area (Å²) in [7, 11) is 1.59. The number of halogens is 1. The molecule has 0 bridgehead atoms. The number of carbonyl (C=O) groups is 1. The molecule has 0 atom stereocenters. The van der Waals surface area contributed by atoms with Gasteiger partial charge in [-0.15, -0.1) is 11.3 Å². The highest BCUT2D eigenvalue weighted by Crippen LogP contribution is 2.25. The molecule has 0 radical (unpaired) electrons. The third-order valence-corrected chi connectivity index (χ3v) is 3.44. The molecule has 0 spiro atoms. The van der Waals surface area contributed by atoms with Crippen LogP contribution in [0.5, 0.6) is 5.75 Å². The molecule has 17 heavy (non-hydrogen) atoms. The van der Waals surface area contributed by atoms with E-state index < -0.39 is 0 Å². The quantitative estimate of drug-likeness (QED) is 0.937. The fourth-order valence-corrected chi connectivity index (χ4v) is 2.44. The van der Waals surface area contributed by atoms with Crippen molar-refractivity contribution >= 4 is 38.9 Å². The van der Waals surface area contributed by atoms with Gasteiger partial charge in [0.15, 0.2) is 0 Å². The normalized spacial score (nSPS) is 10.0. The summed E-state index contributed by atoms with van der Waals surface area (Å²) >= 11 is 4.77. The lowest BCUT2D eigenvalue weighted by atomic mass is 10.3. The summed E-state index contributed by atoms with van der Waals surface area (Å²) in [6, 6.07) is 9.07. The minimum absolute atomic E-state index is 0.111. The molecule has 3 nitrogen and oxygen atoms in total. The van der Waals surface area contributed by atoms with Crippen molar-refractivity contribution in [3.05, 3.63) is 45.1 Å². The van der Waals surface area contributed by atoms with Gasteiger partial charge in [0, 0.05) is 16.2 Å². The molecule has 0 aliphatic heterocycles. The van der Waals surface area contributed by atoms with Crippen LogP contribution in [0.4, 0.5) is 5.69 Å². The second-order valence-electron chi connectivity index (χ2n) is 3.31. The number of rotatable bonds is 3. The van der Waals surface area contributed by atoms with Gasteiger partial charge in [-0.1, -0.05) is 22.0 Å². The van der Waals surface area contributed by atoms with E-state index in [9.17, 15) is 4.79 Å². The SMILES string of the molecule is COc1cc(Br)cc(NC(=O)c2cccs2)c1. The van der Waals surface area contributed by atoms with Crippen molar-refractivity contribution in [3.63, 3.8) is 0 Å². The van der Waals surface area contributed by atoms with Crippen LogP contribution in [0.15, 0.2) is 40.2 Å². The van der Waals surface area contributed by atoms with Crippen LogP contribution in [0.2, 0.25) is 0 Å². The molecule has 0 unspecified atom stereocenters. The smallest absolute Gasteiger partial charge is 0.265 e. The predicted octanol–water partition coefficient (Wildman–Crippen LogP) is 3.77. The molecule has 2 rings (SSSR count). The molecule has 0 saturated carbocycles. The summed E-state index contributed by atoms with van der Waals surface area (Å²) in [4.78, 5) is 12.5. The second kappa shape index (κ2) is 5.33. The molecule has 1 heterocycles. The number of hydrogen-bond acceptors (Lipinski definition) is 3. The van der Waals surface area contributed by atoms with Crippen LogP contribution in [0.25, 0.3) is 0 Å². The largest absolute Gasteiger partial charge is 0.497 e. The topological polar surface area (TPSA) is 38.3 Å². The van der Waals surface area contributed by atoms with Crippen molar-refractivity contribution < 1.29 is 9.53 Å². The van der Waals surface area contributed by atoms with E-state index in [0.29, 0.717) is 16.3 Å². The van der Waals surface area contributed by atoms with Gasteiger partial charge in [0.05, 0.1) is 12.0 Å². The first-order valence-corrected chi connectivity index (χ1v) is 6.56. The van der Waals surface area contributed by atoms with Crippen molar-refractivity contribution in [1.82, 2.24) is 0 Å². The maximum Gasteiger partial charge on any atom is 0.265 e. The van der Waals surface area contributed by atoms with Crippen molar-refractivity contribution in [1.29, 1.82) is 0 Å². The van der Waals surface area contributed by atoms with Gasteiger partial charge >= 0.3 is 0 Å². The van der Waals surface area contributed by atoms with Crippen LogP contribution >= 0.6 is 27.3 Å². The zero-order chi connectivity index (χ0) is 12.3. The van der Waals surface area contributed by atoms with Crippen molar-refractivity contribution in [2.24, 2.45) is 0 Å². The first-order valence-electron chi connectivity index (χ1n) is 4.88. The molecule has 0 saturated heterocycles. The highest BCUT2D eigenvalue weighted by Gasteiger charge is 2.08. The highest BCUT2D eigenvalue weighted by atomic mass is 79.9. The van der Waals surface area contributed by atoms with Gasteiger partial charge < -0.3 is 10.1 Å². The van der Waals surface area contributed by atoms with Crippen molar-refractivity contribution in [2.75, 3.05) is 12.4 Å². The van der Waals surface area contributed by atoms with E-state index in [-0.39, 0.29) is 5.91 Å². The summed E-state index contributed by atoms with van der Waals surface area (Å²) in [5.74, 6) is 0.584. The molecule has 1 N–H and O–H groups in total. The summed E-state index contributed by atoms with van der Waals surface area (Å²) < 4.78 is 5.99. The Labute approximate surface area is 112 Å². The van der Waals surface area contributed by atoms with Gasteiger partial charge in [0.1, 0.15) is 5.75 Å². The third kappa shape index (κ3) is 3.08. The van der Waals surface area contributed by atoms with E-state index in [0.717, 1.165) is 4.47 Å². The molecule has 1 amide bonds. The Kier molecular flexibility index (Phi) is 3.81. The fraction of sp³-hybridized carbons (Fsp3) is 0.0833. The second-order valence-corrected chi connectivity index (χ2v) is 5.17. The highest BCUT2D eigenvalue weighted by molar-refractivity contribution is 9.10. The van der Waals surface area contributed by atoms with E-state index in [1.807, 2.05) is 23.6 Å². The molecule has 1 aromatic heterocycles. The summed E-state index contributed by atoms with van der Waals surface area (Å²) in [5.41, 5.74) is 0.703. The molecule has 0 fully saturated rings. The Balaban J connectivity index is 2.18. The van der Waals surface area contributed by atoms with Gasteiger partial charge in [0.2, 0.25) is 0 Å². The van der Waals surface area contributed by atoms with Crippen molar-refractivity contribution in [3.8, 4) is 5.75 Å². The van der Waals surface area contributed by atoms with E-state index in [1.165, 1.54) is 11.3 Å². The van der Waals surface area contributed by atoms with Crippen LogP contribution in [0, 0.1) is 0 Å². The number of hydrogen-bond donors (Lipinski definition) is 1. The van der Waals surface area contributed by atoms with Gasteiger partial charge in [-0.2, -0.15) is 0 Å². The van der Waals surface area contributed by atoms with Gasteiger partial charge in [-0.05, 0) is 23.6 Å². The van der Waals surface area contributed by atoms with Crippen LogP contribution in [-0.4, -0.2) is 13.0 Å². The van der Waals surface area contributed by atoms with Gasteiger partial charge in [-0.3, -0.25) is 4.79 Å². The number of amides is 1. The Bertz CT molecular complexity index is 525. The van der Waals surface area contributed by atoms with Crippen LogP contribution in [-0.2, 0) is 0 Å². The van der Waals surface area contributed by atoms with Crippen molar-refractivity contribution in [2.45, 2.75) is 0 Å². The molecule has 0 aliphatic rings. The molecule has 88 valence electrons. The van der Waals surface area contributed by atoms with Gasteiger partial charge in [-0.25, -0.2) is 0 Å². The average Bonchev–Trinajstić information content (AvgIpc) is 2.81. The summed E-state index contributed by atoms with van der Waals surface area (Å²) in [6.45, 7) is 0.